The van der Waals surface area contributed by atoms with Gasteiger partial charge in [0, 0.05) is 12.8 Å². The van der Waals surface area contributed by atoms with Crippen LogP contribution in [-0.2, 0) is 28.2 Å². The van der Waals surface area contributed by atoms with Gasteiger partial charge in [-0.3, -0.25) is 14.1 Å². The molecule has 0 saturated heterocycles. The molecule has 0 aliphatic carbocycles. The molecule has 0 radical (unpaired) electrons. The molecule has 0 rings (SSSR count). The fraction of sp³-hybridized carbons (Fsp3) is 0.611. The summed E-state index contributed by atoms with van der Waals surface area (Å²) in [6.07, 6.45) is 39.2. The average molecular weight is 651 g/mol. The zero-order valence-corrected chi connectivity index (χ0v) is 28.6. The van der Waals surface area contributed by atoms with Crippen molar-refractivity contribution in [2.24, 2.45) is 0 Å². The van der Waals surface area contributed by atoms with E-state index in [1.54, 1.807) is 0 Å². The molecular formula is C36H59O8P. The van der Waals surface area contributed by atoms with E-state index in [0.717, 1.165) is 32.1 Å². The van der Waals surface area contributed by atoms with Gasteiger partial charge in [0.25, 0.3) is 0 Å². The molecule has 0 aromatic carbocycles. The second-order valence-electron chi connectivity index (χ2n) is 10.9. The van der Waals surface area contributed by atoms with Crippen molar-refractivity contribution < 1.29 is 37.9 Å². The number of ether oxygens (including phenoxy) is 2. The Morgan fingerprint density at radius 3 is 1.71 bits per heavy atom. The molecule has 0 spiro atoms. The Bertz CT molecular complexity index is 958. The Labute approximate surface area is 272 Å². The Morgan fingerprint density at radius 1 is 0.600 bits per heavy atom. The minimum absolute atomic E-state index is 0.109. The average Bonchev–Trinajstić information content (AvgIpc) is 3.00. The first-order chi connectivity index (χ1) is 21.8. The van der Waals surface area contributed by atoms with Crippen molar-refractivity contribution in [1.82, 2.24) is 0 Å². The Balaban J connectivity index is 4.19. The lowest BCUT2D eigenvalue weighted by molar-refractivity contribution is -0.161. The summed E-state index contributed by atoms with van der Waals surface area (Å²) in [5, 5.41) is 0. The van der Waals surface area contributed by atoms with E-state index in [4.69, 9.17) is 19.3 Å². The molecule has 9 heteroatoms. The van der Waals surface area contributed by atoms with Crippen LogP contribution in [0.2, 0.25) is 0 Å². The molecule has 0 heterocycles. The van der Waals surface area contributed by atoms with Crippen molar-refractivity contribution in [3.8, 4) is 0 Å². The summed E-state index contributed by atoms with van der Waals surface area (Å²) in [5.74, 6) is -1.000. The molecular weight excluding hydrogens is 591 g/mol. The van der Waals surface area contributed by atoms with E-state index in [1.165, 1.54) is 44.9 Å². The second kappa shape index (κ2) is 31.5. The van der Waals surface area contributed by atoms with Gasteiger partial charge in [-0.1, -0.05) is 132 Å². The highest BCUT2D eigenvalue weighted by molar-refractivity contribution is 7.46. The third-order valence-electron chi connectivity index (χ3n) is 6.59. The standard InChI is InChI=1S/C36H59O8P/c1-3-5-7-9-11-13-15-17-19-20-22-24-26-28-30-35(37)42-32-34(33-43-45(39,40)41)44-36(38)31-29-27-25-23-21-18-16-14-12-10-8-6-4-2/h6,8,10,12,14,16,18-21,23,25,34H,3-5,7,9,11,13,15,17,22,24,26-33H2,1-2H3,(H2,39,40,41)/b8-6+,12-10+,16-14+,20-19+,21-18+,25-23+. The SMILES string of the molecule is CC/C=C/C=C/C=C/C=C/C=C/CCCC(=O)OC(COC(=O)CCCCC/C=C/CCCCCCCCC)COP(=O)(O)O. The Kier molecular flexibility index (Phi) is 29.7. The number of carbonyl (C=O) groups excluding carboxylic acids is 2. The van der Waals surface area contributed by atoms with Crippen LogP contribution in [0.3, 0.4) is 0 Å². The molecule has 0 aromatic rings. The van der Waals surface area contributed by atoms with Crippen LogP contribution in [0.15, 0.2) is 72.9 Å². The smallest absolute Gasteiger partial charge is 0.462 e. The lowest BCUT2D eigenvalue weighted by atomic mass is 10.1. The van der Waals surface area contributed by atoms with Gasteiger partial charge >= 0.3 is 19.8 Å². The lowest BCUT2D eigenvalue weighted by Crippen LogP contribution is -2.29. The molecule has 0 fully saturated rings. The van der Waals surface area contributed by atoms with Gasteiger partial charge in [0.15, 0.2) is 6.10 Å². The number of hydrogen-bond acceptors (Lipinski definition) is 6. The van der Waals surface area contributed by atoms with Crippen LogP contribution in [0, 0.1) is 0 Å². The highest BCUT2D eigenvalue weighted by Gasteiger charge is 2.22. The third kappa shape index (κ3) is 34.2. The van der Waals surface area contributed by atoms with Crippen molar-refractivity contribution in [2.45, 2.75) is 129 Å². The topological polar surface area (TPSA) is 119 Å². The summed E-state index contributed by atoms with van der Waals surface area (Å²) in [5.41, 5.74) is 0. The normalized spacial score (nSPS) is 13.4. The van der Waals surface area contributed by atoms with Gasteiger partial charge in [-0.15, -0.1) is 0 Å². The fourth-order valence-electron chi connectivity index (χ4n) is 4.10. The minimum atomic E-state index is -4.77. The van der Waals surface area contributed by atoms with E-state index in [2.05, 4.69) is 36.6 Å². The van der Waals surface area contributed by atoms with Crippen LogP contribution in [0.25, 0.3) is 0 Å². The number of rotatable bonds is 29. The summed E-state index contributed by atoms with van der Waals surface area (Å²) >= 11 is 0. The molecule has 0 saturated carbocycles. The van der Waals surface area contributed by atoms with Crippen molar-refractivity contribution >= 4 is 19.8 Å². The van der Waals surface area contributed by atoms with Crippen LogP contribution in [0.5, 0.6) is 0 Å². The largest absolute Gasteiger partial charge is 0.469 e. The molecule has 0 aromatic heterocycles. The summed E-state index contributed by atoms with van der Waals surface area (Å²) in [4.78, 5) is 42.5. The highest BCUT2D eigenvalue weighted by atomic mass is 31.2. The van der Waals surface area contributed by atoms with Crippen LogP contribution >= 0.6 is 7.82 Å². The predicted molar refractivity (Wildman–Crippen MR) is 184 cm³/mol. The van der Waals surface area contributed by atoms with Crippen molar-refractivity contribution in [2.75, 3.05) is 13.2 Å². The highest BCUT2D eigenvalue weighted by Crippen LogP contribution is 2.35. The monoisotopic (exact) mass is 650 g/mol. The van der Waals surface area contributed by atoms with Gasteiger partial charge in [-0.05, 0) is 51.4 Å². The summed E-state index contributed by atoms with van der Waals surface area (Å²) in [7, 11) is -4.77. The third-order valence-corrected chi connectivity index (χ3v) is 7.07. The number of unbranched alkanes of at least 4 members (excludes halogenated alkanes) is 11. The Hall–Kier alpha value is -2.51. The molecule has 8 nitrogen and oxygen atoms in total. The minimum Gasteiger partial charge on any atom is -0.462 e. The number of carbonyl (C=O) groups is 2. The van der Waals surface area contributed by atoms with Crippen molar-refractivity contribution in [1.29, 1.82) is 0 Å². The number of allylic oxidation sites excluding steroid dienone is 12. The molecule has 1 atom stereocenters. The van der Waals surface area contributed by atoms with Gasteiger partial charge in [0.1, 0.15) is 6.61 Å². The van der Waals surface area contributed by atoms with Crippen molar-refractivity contribution in [3.05, 3.63) is 72.9 Å². The second-order valence-corrected chi connectivity index (χ2v) is 12.1. The van der Waals surface area contributed by atoms with Gasteiger partial charge < -0.3 is 19.3 Å². The van der Waals surface area contributed by atoms with E-state index in [0.29, 0.717) is 19.3 Å². The van der Waals surface area contributed by atoms with Gasteiger partial charge in [0.2, 0.25) is 0 Å². The van der Waals surface area contributed by atoms with Crippen LogP contribution in [0.1, 0.15) is 123 Å². The summed E-state index contributed by atoms with van der Waals surface area (Å²) in [6.45, 7) is 3.42. The number of phosphoric acid groups is 1. The van der Waals surface area contributed by atoms with E-state index in [9.17, 15) is 14.2 Å². The number of hydrogen-bond donors (Lipinski definition) is 2. The molecule has 0 aliphatic heterocycles. The van der Waals surface area contributed by atoms with Gasteiger partial charge in [-0.25, -0.2) is 4.57 Å². The maximum absolute atomic E-state index is 12.3. The van der Waals surface area contributed by atoms with E-state index < -0.39 is 32.5 Å². The quantitative estimate of drug-likeness (QED) is 0.0270. The molecule has 256 valence electrons. The Morgan fingerprint density at radius 2 is 1.11 bits per heavy atom. The first-order valence-corrected chi connectivity index (χ1v) is 18.3. The zero-order chi connectivity index (χ0) is 33.3. The summed E-state index contributed by atoms with van der Waals surface area (Å²) in [6, 6.07) is 0. The maximum atomic E-state index is 12.3. The number of esters is 2. The van der Waals surface area contributed by atoms with Crippen LogP contribution in [-0.4, -0.2) is 41.0 Å². The molecule has 1 unspecified atom stereocenters. The lowest BCUT2D eigenvalue weighted by Gasteiger charge is -2.18. The van der Waals surface area contributed by atoms with E-state index >= 15 is 0 Å². The molecule has 2 N–H and O–H groups in total. The van der Waals surface area contributed by atoms with Gasteiger partial charge in [0.05, 0.1) is 6.61 Å². The first-order valence-electron chi connectivity index (χ1n) is 16.8. The fourth-order valence-corrected chi connectivity index (χ4v) is 4.46. The number of phosphoric ester groups is 1. The van der Waals surface area contributed by atoms with E-state index in [1.807, 2.05) is 54.7 Å². The van der Waals surface area contributed by atoms with Crippen LogP contribution < -0.4 is 0 Å². The molecule has 0 bridgehead atoms. The molecule has 45 heavy (non-hydrogen) atoms. The summed E-state index contributed by atoms with van der Waals surface area (Å²) < 4.78 is 26.1. The zero-order valence-electron chi connectivity index (χ0n) is 27.7. The van der Waals surface area contributed by atoms with Gasteiger partial charge in [-0.2, -0.15) is 0 Å². The van der Waals surface area contributed by atoms with Crippen LogP contribution in [0.4, 0.5) is 0 Å². The molecule has 0 aliphatic rings. The predicted octanol–water partition coefficient (Wildman–Crippen LogP) is 9.56. The maximum Gasteiger partial charge on any atom is 0.469 e. The van der Waals surface area contributed by atoms with Crippen molar-refractivity contribution in [3.63, 3.8) is 0 Å². The first kappa shape index (κ1) is 42.5. The molecule has 0 amide bonds. The van der Waals surface area contributed by atoms with E-state index in [-0.39, 0.29) is 19.4 Å².